The third kappa shape index (κ3) is 5.03. The maximum Gasteiger partial charge on any atom is 0.387 e. The Labute approximate surface area is 162 Å². The van der Waals surface area contributed by atoms with Crippen molar-refractivity contribution in [1.29, 1.82) is 0 Å². The number of carbonyl (C=O) groups excluding carboxylic acids is 1. The van der Waals surface area contributed by atoms with Gasteiger partial charge in [0.05, 0.1) is 0 Å². The molecule has 1 heterocycles. The fraction of sp³-hybridized carbons (Fsp3) is 0.476. The number of carbonyl (C=O) groups is 1. The number of hydrogen-bond donors (Lipinski definition) is 1. The summed E-state index contributed by atoms with van der Waals surface area (Å²) in [6.07, 6.45) is 2.11. The second-order valence-electron chi connectivity index (χ2n) is 8.28. The average molecular weight is 390 g/mol. The monoisotopic (exact) mass is 390 g/mol. The van der Waals surface area contributed by atoms with Crippen LogP contribution in [0.2, 0.25) is 0 Å². The first-order valence-corrected chi connectivity index (χ1v) is 9.32. The highest BCUT2D eigenvalue weighted by Gasteiger charge is 2.31. The number of aromatic amines is 1. The summed E-state index contributed by atoms with van der Waals surface area (Å²) in [4.78, 5) is 31.9. The molecule has 0 unspecified atom stereocenters. The molecule has 7 heteroatoms. The molecule has 1 atom stereocenters. The number of benzene rings is 1. The molecular weight excluding hydrogens is 366 g/mol. The van der Waals surface area contributed by atoms with E-state index in [0.29, 0.717) is 5.82 Å². The van der Waals surface area contributed by atoms with E-state index in [1.807, 2.05) is 20.8 Å². The van der Waals surface area contributed by atoms with Gasteiger partial charge in [-0.2, -0.15) is 8.78 Å². The summed E-state index contributed by atoms with van der Waals surface area (Å²) >= 11 is 0. The number of hydrogen-bond acceptors (Lipinski definition) is 4. The first-order valence-electron chi connectivity index (χ1n) is 9.32. The molecule has 1 fully saturated rings. The zero-order valence-electron chi connectivity index (χ0n) is 16.2. The third-order valence-electron chi connectivity index (χ3n) is 4.95. The lowest BCUT2D eigenvalue weighted by Crippen LogP contribution is -2.23. The van der Waals surface area contributed by atoms with Gasteiger partial charge in [-0.15, -0.1) is 0 Å². The van der Waals surface area contributed by atoms with Crippen LogP contribution in [0.5, 0.6) is 5.75 Å². The minimum atomic E-state index is -2.88. The van der Waals surface area contributed by atoms with Gasteiger partial charge in [0, 0.05) is 18.4 Å². The zero-order valence-corrected chi connectivity index (χ0v) is 16.2. The predicted molar refractivity (Wildman–Crippen MR) is 101 cm³/mol. The van der Waals surface area contributed by atoms with E-state index in [1.54, 1.807) is 12.1 Å². The Morgan fingerprint density at radius 3 is 2.43 bits per heavy atom. The van der Waals surface area contributed by atoms with Crippen LogP contribution in [-0.4, -0.2) is 22.4 Å². The average Bonchev–Trinajstić information content (AvgIpc) is 3.43. The molecule has 1 aromatic heterocycles. The first kappa shape index (κ1) is 20.2. The summed E-state index contributed by atoms with van der Waals surface area (Å²) in [5.74, 6) is 0.507. The molecule has 0 aliphatic heterocycles. The Bertz CT molecular complexity index is 897. The lowest BCUT2D eigenvalue weighted by molar-refractivity contribution is -0.0498. The van der Waals surface area contributed by atoms with Crippen LogP contribution in [0.25, 0.3) is 0 Å². The van der Waals surface area contributed by atoms with Gasteiger partial charge in [0.1, 0.15) is 17.3 Å². The van der Waals surface area contributed by atoms with Crippen molar-refractivity contribution >= 4 is 5.78 Å². The lowest BCUT2D eigenvalue weighted by Gasteiger charge is -2.31. The minimum Gasteiger partial charge on any atom is -0.435 e. The number of rotatable bonds is 7. The number of alkyl halides is 2. The number of nitrogens with zero attached hydrogens (tertiary/aromatic N) is 1. The first-order chi connectivity index (χ1) is 13.1. The summed E-state index contributed by atoms with van der Waals surface area (Å²) in [5.41, 5.74) is 0.440. The van der Waals surface area contributed by atoms with E-state index in [4.69, 9.17) is 0 Å². The van der Waals surface area contributed by atoms with Gasteiger partial charge in [0.15, 0.2) is 5.78 Å². The molecule has 1 saturated carbocycles. The lowest BCUT2D eigenvalue weighted by atomic mass is 9.73. The Morgan fingerprint density at radius 2 is 1.89 bits per heavy atom. The molecule has 0 amide bonds. The maximum absolute atomic E-state index is 12.9. The van der Waals surface area contributed by atoms with E-state index in [1.165, 1.54) is 18.2 Å². The molecule has 0 radical (unpaired) electrons. The van der Waals surface area contributed by atoms with Crippen molar-refractivity contribution in [3.63, 3.8) is 0 Å². The molecule has 150 valence electrons. The molecule has 3 rings (SSSR count). The number of aromatic nitrogens is 2. The Balaban J connectivity index is 1.83. The Morgan fingerprint density at radius 1 is 1.25 bits per heavy atom. The van der Waals surface area contributed by atoms with Gasteiger partial charge in [-0.1, -0.05) is 32.9 Å². The zero-order chi connectivity index (χ0) is 20.5. The van der Waals surface area contributed by atoms with Gasteiger partial charge in [-0.25, -0.2) is 4.98 Å². The molecule has 1 aliphatic carbocycles. The number of ketones is 1. The van der Waals surface area contributed by atoms with Crippen LogP contribution in [-0.2, 0) is 0 Å². The highest BCUT2D eigenvalue weighted by Crippen LogP contribution is 2.40. The van der Waals surface area contributed by atoms with E-state index >= 15 is 0 Å². The van der Waals surface area contributed by atoms with Crippen molar-refractivity contribution in [2.24, 2.45) is 5.41 Å². The number of H-pyrrole nitrogens is 1. The van der Waals surface area contributed by atoms with Gasteiger partial charge in [-0.05, 0) is 41.9 Å². The largest absolute Gasteiger partial charge is 0.435 e. The normalized spacial score (nSPS) is 15.5. The summed E-state index contributed by atoms with van der Waals surface area (Å²) in [6, 6.07) is 7.58. The van der Waals surface area contributed by atoms with Crippen LogP contribution >= 0.6 is 0 Å². The summed E-state index contributed by atoms with van der Waals surface area (Å²) in [6.45, 7) is 3.15. The van der Waals surface area contributed by atoms with Crippen LogP contribution < -0.4 is 10.3 Å². The molecule has 1 N–H and O–H groups in total. The maximum atomic E-state index is 12.9. The van der Waals surface area contributed by atoms with E-state index in [2.05, 4.69) is 14.7 Å². The summed E-state index contributed by atoms with van der Waals surface area (Å²) in [5, 5.41) is 0. The van der Waals surface area contributed by atoms with Crippen molar-refractivity contribution in [2.75, 3.05) is 0 Å². The molecular formula is C21H24F2N2O3. The number of halogens is 2. The van der Waals surface area contributed by atoms with Crippen molar-refractivity contribution in [2.45, 2.75) is 58.5 Å². The molecule has 0 spiro atoms. The minimum absolute atomic E-state index is 0.0723. The molecule has 28 heavy (non-hydrogen) atoms. The summed E-state index contributed by atoms with van der Waals surface area (Å²) in [7, 11) is 0. The standard InChI is InChI=1S/C21H24F2N2O3/c1-21(2,3)15(12-6-8-14(9-7-12)28-20(22)23)10-17(26)16-11-18(27)25-19(24-16)13-4-5-13/h6-9,11,13,15,20H,4-5,10H2,1-3H3,(H,24,25,27)/t15-/m0/s1. The van der Waals surface area contributed by atoms with Gasteiger partial charge in [0.25, 0.3) is 5.56 Å². The van der Waals surface area contributed by atoms with Crippen LogP contribution in [0, 0.1) is 5.41 Å². The molecule has 0 bridgehead atoms. The SMILES string of the molecule is CC(C)(C)[C@@H](CC(=O)c1cc(=O)[nH]c(C2CC2)n1)c1ccc(OC(F)F)cc1. The van der Waals surface area contributed by atoms with Gasteiger partial charge < -0.3 is 9.72 Å². The van der Waals surface area contributed by atoms with Crippen LogP contribution in [0.3, 0.4) is 0 Å². The van der Waals surface area contributed by atoms with Gasteiger partial charge in [0.2, 0.25) is 0 Å². The Kier molecular flexibility index (Phi) is 5.63. The molecule has 5 nitrogen and oxygen atoms in total. The van der Waals surface area contributed by atoms with E-state index in [-0.39, 0.29) is 46.5 Å². The van der Waals surface area contributed by atoms with Crippen molar-refractivity contribution in [3.8, 4) is 5.75 Å². The fourth-order valence-corrected chi connectivity index (χ4v) is 3.27. The molecule has 1 aromatic carbocycles. The van der Waals surface area contributed by atoms with E-state index in [0.717, 1.165) is 18.4 Å². The number of Topliss-reactive ketones (excluding diaryl/α,β-unsaturated/α-hetero) is 1. The van der Waals surface area contributed by atoms with Crippen molar-refractivity contribution in [3.05, 3.63) is 57.8 Å². The second-order valence-corrected chi connectivity index (χ2v) is 8.28. The van der Waals surface area contributed by atoms with Crippen LogP contribution in [0.1, 0.15) is 73.7 Å². The van der Waals surface area contributed by atoms with Crippen LogP contribution in [0.15, 0.2) is 35.1 Å². The molecule has 1 aliphatic rings. The second kappa shape index (κ2) is 7.81. The molecule has 2 aromatic rings. The van der Waals surface area contributed by atoms with Gasteiger partial charge >= 0.3 is 6.61 Å². The topological polar surface area (TPSA) is 72.0 Å². The molecule has 0 saturated heterocycles. The third-order valence-corrected chi connectivity index (χ3v) is 4.95. The predicted octanol–water partition coefficient (Wildman–Crippen LogP) is 4.65. The summed E-state index contributed by atoms with van der Waals surface area (Å²) < 4.78 is 29.1. The van der Waals surface area contributed by atoms with Crippen molar-refractivity contribution < 1.29 is 18.3 Å². The fourth-order valence-electron chi connectivity index (χ4n) is 3.27. The number of nitrogens with one attached hydrogen (secondary N) is 1. The van der Waals surface area contributed by atoms with E-state index in [9.17, 15) is 18.4 Å². The van der Waals surface area contributed by atoms with Gasteiger partial charge in [-0.3, -0.25) is 9.59 Å². The van der Waals surface area contributed by atoms with Crippen LogP contribution in [0.4, 0.5) is 8.78 Å². The quantitative estimate of drug-likeness (QED) is 0.699. The smallest absolute Gasteiger partial charge is 0.387 e. The number of ether oxygens (including phenoxy) is 1. The highest BCUT2D eigenvalue weighted by molar-refractivity contribution is 5.94. The van der Waals surface area contributed by atoms with Crippen molar-refractivity contribution in [1.82, 2.24) is 9.97 Å². The Hall–Kier alpha value is -2.57. The van der Waals surface area contributed by atoms with E-state index < -0.39 is 6.61 Å². The highest BCUT2D eigenvalue weighted by atomic mass is 19.3.